The lowest BCUT2D eigenvalue weighted by molar-refractivity contribution is 0.979. The fraction of sp³-hybridized carbons (Fsp3) is 0.222. The quantitative estimate of drug-likeness (QED) is 0.495. The third-order valence-electron chi connectivity index (χ3n) is 1.48. The van der Waals surface area contributed by atoms with Gasteiger partial charge in [0.05, 0.1) is 0 Å². The summed E-state index contributed by atoms with van der Waals surface area (Å²) in [5.41, 5.74) is 7.24. The number of thiocarbonyl (C=S) groups is 1. The van der Waals surface area contributed by atoms with Crippen LogP contribution >= 0.6 is 12.2 Å². The first-order valence-corrected chi connectivity index (χ1v) is 4.53. The maximum Gasteiger partial charge on any atom is 0.170 e. The average molecular weight is 195 g/mol. The zero-order valence-electron chi connectivity index (χ0n) is 7.50. The van der Waals surface area contributed by atoms with Crippen molar-refractivity contribution in [1.29, 1.82) is 0 Å². The van der Waals surface area contributed by atoms with Crippen molar-refractivity contribution in [1.82, 2.24) is 5.32 Å². The van der Waals surface area contributed by atoms with Crippen LogP contribution in [0.4, 0.5) is 11.4 Å². The van der Waals surface area contributed by atoms with Crippen molar-refractivity contribution in [3.63, 3.8) is 0 Å². The van der Waals surface area contributed by atoms with Gasteiger partial charge in [0.15, 0.2) is 5.11 Å². The highest BCUT2D eigenvalue weighted by Gasteiger charge is 1.95. The summed E-state index contributed by atoms with van der Waals surface area (Å²) in [5.74, 6) is 0. The summed E-state index contributed by atoms with van der Waals surface area (Å²) >= 11 is 5.02. The van der Waals surface area contributed by atoms with Gasteiger partial charge >= 0.3 is 0 Å². The molecule has 0 heterocycles. The molecule has 0 radical (unpaired) electrons. The third kappa shape index (κ3) is 3.29. The van der Waals surface area contributed by atoms with Crippen molar-refractivity contribution < 1.29 is 0 Å². The van der Waals surface area contributed by atoms with E-state index in [1.54, 1.807) is 0 Å². The van der Waals surface area contributed by atoms with E-state index < -0.39 is 0 Å². The minimum atomic E-state index is 0.619. The lowest BCUT2D eigenvalue weighted by atomic mass is 10.3. The van der Waals surface area contributed by atoms with Crippen LogP contribution in [0.3, 0.4) is 0 Å². The Balaban J connectivity index is 2.58. The summed E-state index contributed by atoms with van der Waals surface area (Å²) in [5, 5.41) is 6.64. The van der Waals surface area contributed by atoms with Crippen molar-refractivity contribution in [2.45, 2.75) is 6.92 Å². The summed E-state index contributed by atoms with van der Waals surface area (Å²) in [6.07, 6.45) is 0. The number of nitrogen functional groups attached to an aromatic ring is 1. The van der Waals surface area contributed by atoms with E-state index in [2.05, 4.69) is 10.6 Å². The Labute approximate surface area is 83.3 Å². The van der Waals surface area contributed by atoms with Crippen molar-refractivity contribution in [3.8, 4) is 0 Å². The minimum absolute atomic E-state index is 0.619. The van der Waals surface area contributed by atoms with Gasteiger partial charge in [-0.2, -0.15) is 0 Å². The van der Waals surface area contributed by atoms with Crippen molar-refractivity contribution in [3.05, 3.63) is 24.3 Å². The maximum atomic E-state index is 5.60. The topological polar surface area (TPSA) is 50.1 Å². The van der Waals surface area contributed by atoms with Crippen LogP contribution in [0.25, 0.3) is 0 Å². The lowest BCUT2D eigenvalue weighted by Crippen LogP contribution is -2.27. The predicted octanol–water partition coefficient (Wildman–Crippen LogP) is 1.58. The Kier molecular flexibility index (Phi) is 3.52. The summed E-state index contributed by atoms with van der Waals surface area (Å²) in [7, 11) is 0. The molecule has 1 aromatic rings. The van der Waals surface area contributed by atoms with E-state index in [0.717, 1.165) is 17.9 Å². The van der Waals surface area contributed by atoms with Crippen LogP contribution < -0.4 is 16.4 Å². The molecule has 0 spiro atoms. The first kappa shape index (κ1) is 9.80. The zero-order valence-corrected chi connectivity index (χ0v) is 8.32. The van der Waals surface area contributed by atoms with Gasteiger partial charge < -0.3 is 16.4 Å². The molecule has 0 saturated heterocycles. The Bertz CT molecular complexity index is 299. The maximum absolute atomic E-state index is 5.60. The molecule has 13 heavy (non-hydrogen) atoms. The first-order chi connectivity index (χ1) is 6.22. The standard InChI is InChI=1S/C9H13N3S/c1-2-11-9(13)12-8-5-3-4-7(10)6-8/h3-6H,2,10H2,1H3,(H2,11,12,13). The minimum Gasteiger partial charge on any atom is -0.399 e. The van der Waals surface area contributed by atoms with Crippen LogP contribution in [0.5, 0.6) is 0 Å². The van der Waals surface area contributed by atoms with E-state index in [1.807, 2.05) is 31.2 Å². The van der Waals surface area contributed by atoms with Crippen LogP contribution in [0.15, 0.2) is 24.3 Å². The number of anilines is 2. The van der Waals surface area contributed by atoms with E-state index in [4.69, 9.17) is 18.0 Å². The second-order valence-electron chi connectivity index (χ2n) is 2.61. The van der Waals surface area contributed by atoms with Gasteiger partial charge in [-0.05, 0) is 37.3 Å². The Morgan fingerprint density at radius 3 is 2.92 bits per heavy atom. The highest BCUT2D eigenvalue weighted by atomic mass is 32.1. The molecule has 0 unspecified atom stereocenters. The van der Waals surface area contributed by atoms with E-state index in [0.29, 0.717) is 5.11 Å². The van der Waals surface area contributed by atoms with Gasteiger partial charge in [-0.25, -0.2) is 0 Å². The van der Waals surface area contributed by atoms with Crippen molar-refractivity contribution >= 4 is 28.7 Å². The van der Waals surface area contributed by atoms with Crippen LogP contribution in [0.1, 0.15) is 6.92 Å². The molecule has 1 rings (SSSR count). The summed E-state index contributed by atoms with van der Waals surface area (Å²) in [6.45, 7) is 2.81. The molecule has 1 aromatic carbocycles. The first-order valence-electron chi connectivity index (χ1n) is 4.12. The van der Waals surface area contributed by atoms with E-state index in [1.165, 1.54) is 0 Å². The molecule has 4 heteroatoms. The van der Waals surface area contributed by atoms with Gasteiger partial charge in [0.2, 0.25) is 0 Å². The molecule has 0 saturated carbocycles. The second kappa shape index (κ2) is 4.67. The smallest absolute Gasteiger partial charge is 0.170 e. The van der Waals surface area contributed by atoms with Gasteiger partial charge in [-0.3, -0.25) is 0 Å². The molecule has 4 N–H and O–H groups in total. The van der Waals surface area contributed by atoms with Crippen LogP contribution in [-0.4, -0.2) is 11.7 Å². The van der Waals surface area contributed by atoms with E-state index in [9.17, 15) is 0 Å². The van der Waals surface area contributed by atoms with Crippen molar-refractivity contribution in [2.75, 3.05) is 17.6 Å². The molecule has 0 amide bonds. The van der Waals surface area contributed by atoms with Crippen LogP contribution in [0.2, 0.25) is 0 Å². The highest BCUT2D eigenvalue weighted by Crippen LogP contribution is 2.11. The van der Waals surface area contributed by atoms with Gasteiger partial charge in [-0.1, -0.05) is 6.07 Å². The molecule has 0 aliphatic heterocycles. The molecule has 0 aliphatic carbocycles. The Morgan fingerprint density at radius 2 is 2.31 bits per heavy atom. The summed E-state index contributed by atoms with van der Waals surface area (Å²) in [4.78, 5) is 0. The number of nitrogens with one attached hydrogen (secondary N) is 2. The van der Waals surface area contributed by atoms with Crippen molar-refractivity contribution in [2.24, 2.45) is 0 Å². The Hall–Kier alpha value is -1.29. The average Bonchev–Trinajstić information content (AvgIpc) is 2.04. The number of hydrogen-bond donors (Lipinski definition) is 3. The fourth-order valence-corrected chi connectivity index (χ4v) is 1.21. The van der Waals surface area contributed by atoms with Gasteiger partial charge in [0.1, 0.15) is 0 Å². The summed E-state index contributed by atoms with van der Waals surface area (Å²) in [6, 6.07) is 7.47. The van der Waals surface area contributed by atoms with E-state index in [-0.39, 0.29) is 0 Å². The largest absolute Gasteiger partial charge is 0.399 e. The molecular formula is C9H13N3S. The molecule has 0 atom stereocenters. The van der Waals surface area contributed by atoms with Crippen LogP contribution in [-0.2, 0) is 0 Å². The lowest BCUT2D eigenvalue weighted by Gasteiger charge is -2.08. The molecule has 0 aromatic heterocycles. The van der Waals surface area contributed by atoms with Gasteiger partial charge in [-0.15, -0.1) is 0 Å². The zero-order chi connectivity index (χ0) is 9.68. The van der Waals surface area contributed by atoms with Gasteiger partial charge in [0, 0.05) is 17.9 Å². The molecule has 3 nitrogen and oxygen atoms in total. The molecule has 0 fully saturated rings. The van der Waals surface area contributed by atoms with Gasteiger partial charge in [0.25, 0.3) is 0 Å². The number of rotatable bonds is 2. The number of nitrogens with two attached hydrogens (primary N) is 1. The van der Waals surface area contributed by atoms with E-state index >= 15 is 0 Å². The molecule has 0 aliphatic rings. The number of benzene rings is 1. The molecule has 0 bridgehead atoms. The van der Waals surface area contributed by atoms with Crippen LogP contribution in [0, 0.1) is 0 Å². The molecule has 70 valence electrons. The summed E-state index contributed by atoms with van der Waals surface area (Å²) < 4.78 is 0. The fourth-order valence-electron chi connectivity index (χ4n) is 0.952. The SMILES string of the molecule is CCNC(=S)Nc1cccc(N)c1. The third-order valence-corrected chi connectivity index (χ3v) is 1.73. The normalized spacial score (nSPS) is 9.31. The molecular weight excluding hydrogens is 182 g/mol. The monoisotopic (exact) mass is 195 g/mol. The predicted molar refractivity (Wildman–Crippen MR) is 60.8 cm³/mol. The number of hydrogen-bond acceptors (Lipinski definition) is 2. The second-order valence-corrected chi connectivity index (χ2v) is 3.02. The highest BCUT2D eigenvalue weighted by molar-refractivity contribution is 7.80. The Morgan fingerprint density at radius 1 is 1.54 bits per heavy atom.